The molecule has 1 rings (SSSR count). The zero-order valence-corrected chi connectivity index (χ0v) is 11.4. The highest BCUT2D eigenvalue weighted by Gasteiger charge is 2.18. The van der Waals surface area contributed by atoms with Crippen LogP contribution in [0.25, 0.3) is 0 Å². The summed E-state index contributed by atoms with van der Waals surface area (Å²) < 4.78 is 10.5. The first-order valence-electron chi connectivity index (χ1n) is 5.79. The summed E-state index contributed by atoms with van der Waals surface area (Å²) in [5.74, 6) is 0.0606. The monoisotopic (exact) mass is 277 g/mol. The van der Waals surface area contributed by atoms with Crippen LogP contribution in [0.2, 0.25) is 0 Å². The standard InChI is InChI=1S/C13H15N3O4/c1-8(12(17)16-13(18)15-2)20-10-5-4-9(7-14)6-11(10)19-3/h4-6,8H,1-3H3,(H2,15,16,17,18)/t8-/m0/s1. The number of carbonyl (C=O) groups is 2. The van der Waals surface area contributed by atoms with Gasteiger partial charge in [-0.2, -0.15) is 5.26 Å². The van der Waals surface area contributed by atoms with Crippen LogP contribution in [0.15, 0.2) is 18.2 Å². The second kappa shape index (κ2) is 6.99. The average molecular weight is 277 g/mol. The Kier molecular flexibility index (Phi) is 5.35. The fourth-order valence-corrected chi connectivity index (χ4v) is 1.35. The van der Waals surface area contributed by atoms with Gasteiger partial charge in [0.1, 0.15) is 0 Å². The molecule has 0 bridgehead atoms. The Morgan fingerprint density at radius 1 is 1.35 bits per heavy atom. The van der Waals surface area contributed by atoms with Crippen LogP contribution in [0.4, 0.5) is 4.79 Å². The number of imide groups is 1. The van der Waals surface area contributed by atoms with Crippen molar-refractivity contribution in [2.24, 2.45) is 0 Å². The summed E-state index contributed by atoms with van der Waals surface area (Å²) in [6.45, 7) is 1.50. The lowest BCUT2D eigenvalue weighted by Gasteiger charge is -2.16. The van der Waals surface area contributed by atoms with E-state index < -0.39 is 18.0 Å². The van der Waals surface area contributed by atoms with Crippen LogP contribution in [0, 0.1) is 11.3 Å². The number of ether oxygens (including phenoxy) is 2. The second-order valence-corrected chi connectivity index (χ2v) is 3.81. The van der Waals surface area contributed by atoms with E-state index in [0.29, 0.717) is 17.1 Å². The van der Waals surface area contributed by atoms with Gasteiger partial charge >= 0.3 is 6.03 Å². The lowest BCUT2D eigenvalue weighted by molar-refractivity contribution is -0.126. The first kappa shape index (κ1) is 15.3. The molecule has 0 saturated heterocycles. The molecule has 3 amide bonds. The van der Waals surface area contributed by atoms with Crippen LogP contribution in [-0.4, -0.2) is 32.2 Å². The highest BCUT2D eigenvalue weighted by atomic mass is 16.5. The second-order valence-electron chi connectivity index (χ2n) is 3.81. The van der Waals surface area contributed by atoms with Crippen LogP contribution in [-0.2, 0) is 4.79 Å². The summed E-state index contributed by atoms with van der Waals surface area (Å²) in [6.07, 6.45) is -0.894. The third-order valence-electron chi connectivity index (χ3n) is 2.43. The van der Waals surface area contributed by atoms with Gasteiger partial charge in [0, 0.05) is 13.1 Å². The average Bonchev–Trinajstić information content (AvgIpc) is 2.47. The van der Waals surface area contributed by atoms with Crippen molar-refractivity contribution >= 4 is 11.9 Å². The maximum absolute atomic E-state index is 11.6. The molecule has 0 aliphatic heterocycles. The highest BCUT2D eigenvalue weighted by Crippen LogP contribution is 2.28. The maximum Gasteiger partial charge on any atom is 0.321 e. The minimum absolute atomic E-state index is 0.311. The third-order valence-corrected chi connectivity index (χ3v) is 2.43. The lowest BCUT2D eigenvalue weighted by atomic mass is 10.2. The Labute approximate surface area is 116 Å². The maximum atomic E-state index is 11.6. The zero-order chi connectivity index (χ0) is 15.1. The van der Waals surface area contributed by atoms with E-state index in [-0.39, 0.29) is 0 Å². The number of nitriles is 1. The molecule has 1 aromatic carbocycles. The van der Waals surface area contributed by atoms with Crippen molar-refractivity contribution in [3.05, 3.63) is 23.8 Å². The topological polar surface area (TPSA) is 100 Å². The van der Waals surface area contributed by atoms with Gasteiger partial charge in [0.15, 0.2) is 17.6 Å². The number of hydrogen-bond acceptors (Lipinski definition) is 5. The van der Waals surface area contributed by atoms with Crippen molar-refractivity contribution in [1.29, 1.82) is 5.26 Å². The minimum Gasteiger partial charge on any atom is -0.493 e. The molecule has 0 saturated carbocycles. The van der Waals surface area contributed by atoms with E-state index in [1.807, 2.05) is 6.07 Å². The molecule has 2 N–H and O–H groups in total. The number of methoxy groups -OCH3 is 1. The van der Waals surface area contributed by atoms with Gasteiger partial charge in [-0.1, -0.05) is 0 Å². The van der Waals surface area contributed by atoms with Crippen LogP contribution >= 0.6 is 0 Å². The number of nitrogens with zero attached hydrogens (tertiary/aromatic N) is 1. The van der Waals surface area contributed by atoms with Gasteiger partial charge in [-0.3, -0.25) is 10.1 Å². The Hall–Kier alpha value is -2.75. The molecule has 0 fully saturated rings. The summed E-state index contributed by atoms with van der Waals surface area (Å²) in [6, 6.07) is 5.93. The molecule has 0 heterocycles. The lowest BCUT2D eigenvalue weighted by Crippen LogP contribution is -2.43. The molecule has 0 aliphatic rings. The number of carbonyl (C=O) groups excluding carboxylic acids is 2. The summed E-state index contributed by atoms with van der Waals surface area (Å²) in [5, 5.41) is 13.2. The summed E-state index contributed by atoms with van der Waals surface area (Å²) >= 11 is 0. The van der Waals surface area contributed by atoms with Gasteiger partial charge in [0.2, 0.25) is 0 Å². The molecule has 20 heavy (non-hydrogen) atoms. The van der Waals surface area contributed by atoms with Gasteiger partial charge in [0.05, 0.1) is 18.7 Å². The SMILES string of the molecule is CNC(=O)NC(=O)[C@H](C)Oc1ccc(C#N)cc1OC. The Balaban J connectivity index is 2.80. The summed E-state index contributed by atoms with van der Waals surface area (Å²) in [5.41, 5.74) is 0.414. The van der Waals surface area contributed by atoms with Gasteiger partial charge in [-0.25, -0.2) is 4.79 Å². The smallest absolute Gasteiger partial charge is 0.321 e. The van der Waals surface area contributed by atoms with Gasteiger partial charge in [-0.05, 0) is 19.1 Å². The van der Waals surface area contributed by atoms with E-state index >= 15 is 0 Å². The van der Waals surface area contributed by atoms with Crippen molar-refractivity contribution in [3.63, 3.8) is 0 Å². The molecule has 7 nitrogen and oxygen atoms in total. The Morgan fingerprint density at radius 3 is 2.60 bits per heavy atom. The van der Waals surface area contributed by atoms with E-state index in [9.17, 15) is 9.59 Å². The van der Waals surface area contributed by atoms with Gasteiger partial charge in [0.25, 0.3) is 5.91 Å². The van der Waals surface area contributed by atoms with Crippen molar-refractivity contribution in [3.8, 4) is 17.6 Å². The van der Waals surface area contributed by atoms with Gasteiger partial charge in [-0.15, -0.1) is 0 Å². The number of nitrogens with one attached hydrogen (secondary N) is 2. The quantitative estimate of drug-likeness (QED) is 0.847. The molecule has 1 atom stereocenters. The van der Waals surface area contributed by atoms with E-state index in [2.05, 4.69) is 10.6 Å². The van der Waals surface area contributed by atoms with Gasteiger partial charge < -0.3 is 14.8 Å². The third kappa shape index (κ3) is 3.88. The highest BCUT2D eigenvalue weighted by molar-refractivity contribution is 5.96. The van der Waals surface area contributed by atoms with Crippen molar-refractivity contribution < 1.29 is 19.1 Å². The molecule has 0 radical (unpaired) electrons. The molecule has 0 spiro atoms. The van der Waals surface area contributed by atoms with Crippen LogP contribution in [0.5, 0.6) is 11.5 Å². The van der Waals surface area contributed by atoms with Crippen molar-refractivity contribution in [2.45, 2.75) is 13.0 Å². The number of hydrogen-bond donors (Lipinski definition) is 2. The minimum atomic E-state index is -0.894. The molecular formula is C13H15N3O4. The molecule has 0 aliphatic carbocycles. The van der Waals surface area contributed by atoms with E-state index in [1.54, 1.807) is 6.07 Å². The molecule has 106 valence electrons. The number of rotatable bonds is 4. The number of amides is 3. The fraction of sp³-hybridized carbons (Fsp3) is 0.308. The molecule has 0 aromatic heterocycles. The predicted octanol–water partition coefficient (Wildman–Crippen LogP) is 0.790. The first-order valence-corrected chi connectivity index (χ1v) is 5.79. The molecule has 7 heteroatoms. The normalized spacial score (nSPS) is 10.9. The van der Waals surface area contributed by atoms with E-state index in [4.69, 9.17) is 14.7 Å². The van der Waals surface area contributed by atoms with Crippen LogP contribution in [0.3, 0.4) is 0 Å². The Bertz CT molecular complexity index is 551. The zero-order valence-electron chi connectivity index (χ0n) is 11.4. The molecule has 0 unspecified atom stereocenters. The Morgan fingerprint density at radius 2 is 2.05 bits per heavy atom. The fourth-order valence-electron chi connectivity index (χ4n) is 1.35. The van der Waals surface area contributed by atoms with Crippen LogP contribution < -0.4 is 20.1 Å². The van der Waals surface area contributed by atoms with Crippen molar-refractivity contribution in [1.82, 2.24) is 10.6 Å². The molecular weight excluding hydrogens is 262 g/mol. The van der Waals surface area contributed by atoms with Crippen molar-refractivity contribution in [2.75, 3.05) is 14.2 Å². The van der Waals surface area contributed by atoms with E-state index in [1.165, 1.54) is 33.2 Å². The van der Waals surface area contributed by atoms with Crippen LogP contribution in [0.1, 0.15) is 12.5 Å². The van der Waals surface area contributed by atoms with E-state index in [0.717, 1.165) is 0 Å². The summed E-state index contributed by atoms with van der Waals surface area (Å²) in [4.78, 5) is 22.7. The summed E-state index contributed by atoms with van der Waals surface area (Å²) in [7, 11) is 2.83. The number of benzene rings is 1. The first-order chi connectivity index (χ1) is 9.51. The largest absolute Gasteiger partial charge is 0.493 e. The predicted molar refractivity (Wildman–Crippen MR) is 70.4 cm³/mol. The molecule has 1 aromatic rings. The number of urea groups is 1.